The monoisotopic (exact) mass is 298 g/mol. The molecule has 0 unspecified atom stereocenters. The summed E-state index contributed by atoms with van der Waals surface area (Å²) in [6.07, 6.45) is -3.89. The first kappa shape index (κ1) is 15.0. The molecule has 0 aliphatic carbocycles. The molecule has 0 saturated heterocycles. The summed E-state index contributed by atoms with van der Waals surface area (Å²) in [7, 11) is 0. The highest BCUT2D eigenvalue weighted by Crippen LogP contribution is 2.33. The van der Waals surface area contributed by atoms with Crippen molar-refractivity contribution >= 4 is 5.91 Å². The Labute approximate surface area is 118 Å². The highest BCUT2D eigenvalue weighted by Gasteiger charge is 2.40. The van der Waals surface area contributed by atoms with E-state index in [1.807, 2.05) is 6.92 Å². The van der Waals surface area contributed by atoms with Gasteiger partial charge in [-0.2, -0.15) is 18.3 Å². The van der Waals surface area contributed by atoms with E-state index in [9.17, 15) is 18.0 Å². The third kappa shape index (κ3) is 2.75. The summed E-state index contributed by atoms with van der Waals surface area (Å²) in [6, 6.07) is 4.77. The molecule has 5 nitrogen and oxygen atoms in total. The van der Waals surface area contributed by atoms with E-state index < -0.39 is 23.3 Å². The Kier molecular flexibility index (Phi) is 3.73. The lowest BCUT2D eigenvalue weighted by Gasteiger charge is -2.13. The fraction of sp³-hybridized carbons (Fsp3) is 0.231. The van der Waals surface area contributed by atoms with Crippen LogP contribution in [-0.4, -0.2) is 15.7 Å². The van der Waals surface area contributed by atoms with Gasteiger partial charge in [-0.15, -0.1) is 0 Å². The van der Waals surface area contributed by atoms with Gasteiger partial charge in [0, 0.05) is 0 Å². The quantitative estimate of drug-likeness (QED) is 0.506. The maximum Gasteiger partial charge on any atom is 0.434 e. The Balaban J connectivity index is 2.66. The molecule has 0 aliphatic rings. The van der Waals surface area contributed by atoms with Crippen LogP contribution in [0.3, 0.4) is 0 Å². The maximum atomic E-state index is 13.2. The van der Waals surface area contributed by atoms with Crippen molar-refractivity contribution in [2.45, 2.75) is 20.0 Å². The smallest absolute Gasteiger partial charge is 0.290 e. The van der Waals surface area contributed by atoms with Crippen LogP contribution in [0, 0.1) is 13.8 Å². The molecule has 0 radical (unpaired) electrons. The highest BCUT2D eigenvalue weighted by atomic mass is 19.4. The van der Waals surface area contributed by atoms with E-state index in [1.165, 1.54) is 6.07 Å². The second-order valence-electron chi connectivity index (χ2n) is 4.56. The van der Waals surface area contributed by atoms with Gasteiger partial charge in [-0.1, -0.05) is 6.07 Å². The van der Waals surface area contributed by atoms with E-state index in [2.05, 4.69) is 5.10 Å². The molecule has 112 valence electrons. The van der Waals surface area contributed by atoms with Gasteiger partial charge >= 0.3 is 6.18 Å². The summed E-state index contributed by atoms with van der Waals surface area (Å²) in [5.74, 6) is 3.86. The lowest BCUT2D eigenvalue weighted by molar-refractivity contribution is -0.143. The first-order chi connectivity index (χ1) is 9.75. The van der Waals surface area contributed by atoms with Gasteiger partial charge < -0.3 is 0 Å². The number of halogens is 3. The number of benzene rings is 1. The summed E-state index contributed by atoms with van der Waals surface area (Å²) in [4.78, 5) is 11.5. The number of aryl methyl sites for hydroxylation is 2. The number of nitrogen functional groups attached to an aromatic ring is 1. The van der Waals surface area contributed by atoms with Crippen molar-refractivity contribution in [3.05, 3.63) is 46.8 Å². The Morgan fingerprint density at radius 3 is 2.48 bits per heavy atom. The molecule has 21 heavy (non-hydrogen) atoms. The number of nitrogens with one attached hydrogen (secondary N) is 1. The highest BCUT2D eigenvalue weighted by molar-refractivity contribution is 5.95. The number of nitrogens with zero attached hydrogens (tertiary/aromatic N) is 2. The van der Waals surface area contributed by atoms with Crippen LogP contribution in [0.15, 0.2) is 24.4 Å². The number of carbonyl (C=O) groups excluding carboxylic acids is 1. The number of nitrogens with two attached hydrogens (primary N) is 1. The van der Waals surface area contributed by atoms with E-state index in [4.69, 9.17) is 5.84 Å². The topological polar surface area (TPSA) is 72.9 Å². The number of aromatic nitrogens is 2. The van der Waals surface area contributed by atoms with Crippen LogP contribution in [0.4, 0.5) is 13.2 Å². The molecule has 0 atom stereocenters. The molecule has 0 bridgehead atoms. The van der Waals surface area contributed by atoms with Gasteiger partial charge in [-0.05, 0) is 37.1 Å². The number of hydrogen-bond acceptors (Lipinski definition) is 3. The van der Waals surface area contributed by atoms with Gasteiger partial charge in [0.2, 0.25) is 0 Å². The van der Waals surface area contributed by atoms with Gasteiger partial charge in [0.05, 0.1) is 17.4 Å². The van der Waals surface area contributed by atoms with E-state index >= 15 is 0 Å². The zero-order valence-electron chi connectivity index (χ0n) is 11.3. The largest absolute Gasteiger partial charge is 0.434 e. The van der Waals surface area contributed by atoms with Gasteiger partial charge in [0.25, 0.3) is 5.91 Å². The molecule has 1 aromatic heterocycles. The van der Waals surface area contributed by atoms with Gasteiger partial charge in [-0.3, -0.25) is 10.2 Å². The molecule has 8 heteroatoms. The third-order valence-electron chi connectivity index (χ3n) is 3.15. The van der Waals surface area contributed by atoms with Crippen LogP contribution in [0.1, 0.15) is 27.2 Å². The average molecular weight is 298 g/mol. The summed E-state index contributed by atoms with van der Waals surface area (Å²) < 4.78 is 40.4. The molecule has 0 saturated carbocycles. The third-order valence-corrected chi connectivity index (χ3v) is 3.15. The van der Waals surface area contributed by atoms with Crippen molar-refractivity contribution in [2.24, 2.45) is 5.84 Å². The molecule has 2 aromatic rings. The standard InChI is InChI=1S/C13H13F3N4O/c1-7-3-4-9(5-8(7)2)20-11(13(14,15)16)10(6-18-20)12(21)19-17/h3-6H,17H2,1-2H3,(H,19,21). The van der Waals surface area contributed by atoms with Crippen molar-refractivity contribution in [3.63, 3.8) is 0 Å². The van der Waals surface area contributed by atoms with Crippen LogP contribution in [0.5, 0.6) is 0 Å². The minimum Gasteiger partial charge on any atom is -0.290 e. The number of carbonyl (C=O) groups is 1. The van der Waals surface area contributed by atoms with E-state index in [0.717, 1.165) is 17.3 Å². The zero-order valence-corrected chi connectivity index (χ0v) is 11.3. The minimum absolute atomic E-state index is 0.224. The van der Waals surface area contributed by atoms with Crippen LogP contribution in [-0.2, 0) is 6.18 Å². The summed E-state index contributed by atoms with van der Waals surface area (Å²) >= 11 is 0. The Morgan fingerprint density at radius 2 is 1.95 bits per heavy atom. The lowest BCUT2D eigenvalue weighted by Crippen LogP contribution is -2.31. The average Bonchev–Trinajstić information content (AvgIpc) is 2.85. The van der Waals surface area contributed by atoms with E-state index in [1.54, 1.807) is 24.5 Å². The van der Waals surface area contributed by atoms with Crippen molar-refractivity contribution in [1.29, 1.82) is 0 Å². The number of hydrogen-bond donors (Lipinski definition) is 2. The van der Waals surface area contributed by atoms with Gasteiger partial charge in [0.1, 0.15) is 0 Å². The SMILES string of the molecule is Cc1ccc(-n2ncc(C(=O)NN)c2C(F)(F)F)cc1C. The van der Waals surface area contributed by atoms with Crippen LogP contribution >= 0.6 is 0 Å². The molecule has 2 rings (SSSR count). The molecule has 1 aromatic carbocycles. The second kappa shape index (κ2) is 5.21. The predicted octanol–water partition coefficient (Wildman–Crippen LogP) is 2.11. The fourth-order valence-electron chi connectivity index (χ4n) is 1.92. The van der Waals surface area contributed by atoms with Gasteiger partial charge in [-0.25, -0.2) is 10.5 Å². The van der Waals surface area contributed by atoms with E-state index in [0.29, 0.717) is 4.68 Å². The molecule has 3 N–H and O–H groups in total. The number of amides is 1. The Morgan fingerprint density at radius 1 is 1.29 bits per heavy atom. The predicted molar refractivity (Wildman–Crippen MR) is 69.7 cm³/mol. The van der Waals surface area contributed by atoms with Crippen molar-refractivity contribution in [1.82, 2.24) is 15.2 Å². The molecular weight excluding hydrogens is 285 g/mol. The van der Waals surface area contributed by atoms with Gasteiger partial charge in [0.15, 0.2) is 5.69 Å². The summed E-state index contributed by atoms with van der Waals surface area (Å²) in [5.41, 5.74) is 1.89. The lowest BCUT2D eigenvalue weighted by atomic mass is 10.1. The molecule has 0 spiro atoms. The number of alkyl halides is 3. The van der Waals surface area contributed by atoms with Crippen LogP contribution < -0.4 is 11.3 Å². The Hall–Kier alpha value is -2.35. The maximum absolute atomic E-state index is 13.2. The molecule has 1 amide bonds. The van der Waals surface area contributed by atoms with Crippen LogP contribution in [0.25, 0.3) is 5.69 Å². The van der Waals surface area contributed by atoms with Crippen LogP contribution in [0.2, 0.25) is 0 Å². The Bertz CT molecular complexity index is 691. The molecule has 0 fully saturated rings. The zero-order chi connectivity index (χ0) is 15.8. The first-order valence-electron chi connectivity index (χ1n) is 5.99. The fourth-order valence-corrected chi connectivity index (χ4v) is 1.92. The van der Waals surface area contributed by atoms with E-state index in [-0.39, 0.29) is 5.69 Å². The van der Waals surface area contributed by atoms with Crippen molar-refractivity contribution in [2.75, 3.05) is 0 Å². The second-order valence-corrected chi connectivity index (χ2v) is 4.56. The van der Waals surface area contributed by atoms with Crippen molar-refractivity contribution in [3.8, 4) is 5.69 Å². The summed E-state index contributed by atoms with van der Waals surface area (Å²) in [6.45, 7) is 3.63. The molecular formula is C13H13F3N4O. The van der Waals surface area contributed by atoms with Crippen molar-refractivity contribution < 1.29 is 18.0 Å². The summed E-state index contributed by atoms with van der Waals surface area (Å²) in [5, 5.41) is 3.67. The number of hydrazine groups is 1. The normalized spacial score (nSPS) is 11.5. The first-order valence-corrected chi connectivity index (χ1v) is 5.99. The molecule has 0 aliphatic heterocycles. The minimum atomic E-state index is -4.74. The number of rotatable bonds is 2. The molecule has 1 heterocycles.